The molecule has 0 bridgehead atoms. The Morgan fingerprint density at radius 3 is 2.67 bits per heavy atom. The Labute approximate surface area is 109 Å². The first kappa shape index (κ1) is 14.1. The molecule has 96 valence electrons. The summed E-state index contributed by atoms with van der Waals surface area (Å²) >= 11 is 0. The highest BCUT2D eigenvalue weighted by molar-refractivity contribution is 5.77. The number of hydrogen-bond acceptors (Lipinski definition) is 2. The van der Waals surface area contributed by atoms with Crippen LogP contribution in [0.3, 0.4) is 0 Å². The highest BCUT2D eigenvalue weighted by Crippen LogP contribution is 2.24. The van der Waals surface area contributed by atoms with Crippen LogP contribution in [0.5, 0.6) is 5.75 Å². The first-order chi connectivity index (χ1) is 8.58. The van der Waals surface area contributed by atoms with Gasteiger partial charge in [-0.3, -0.25) is 0 Å². The quantitative estimate of drug-likeness (QED) is 0.787. The monoisotopic (exact) mass is 243 g/mol. The molecule has 1 aromatic carbocycles. The summed E-state index contributed by atoms with van der Waals surface area (Å²) < 4.78 is 0. The maximum absolute atomic E-state index is 9.44. The fourth-order valence-corrected chi connectivity index (χ4v) is 1.86. The van der Waals surface area contributed by atoms with Gasteiger partial charge in [0, 0.05) is 5.70 Å². The summed E-state index contributed by atoms with van der Waals surface area (Å²) in [5.74, 6) is 0.289. The normalized spacial score (nSPS) is 13.3. The van der Waals surface area contributed by atoms with Crippen molar-refractivity contribution in [2.75, 3.05) is 0 Å². The molecule has 0 aliphatic heterocycles. The number of benzene rings is 1. The zero-order valence-corrected chi connectivity index (χ0v) is 11.3. The second-order valence-electron chi connectivity index (χ2n) is 4.21. The lowest BCUT2D eigenvalue weighted by molar-refractivity contribution is 0.475. The van der Waals surface area contributed by atoms with Crippen molar-refractivity contribution in [2.24, 2.45) is 5.73 Å². The summed E-state index contributed by atoms with van der Waals surface area (Å²) in [7, 11) is 0. The molecule has 0 heterocycles. The van der Waals surface area contributed by atoms with Crippen molar-refractivity contribution in [3.63, 3.8) is 0 Å². The first-order valence-corrected chi connectivity index (χ1v) is 6.18. The Morgan fingerprint density at radius 2 is 2.11 bits per heavy atom. The average molecular weight is 243 g/mol. The van der Waals surface area contributed by atoms with Gasteiger partial charge >= 0.3 is 0 Å². The number of allylic oxidation sites excluding steroid dienone is 5. The molecule has 0 spiro atoms. The minimum atomic E-state index is 0.289. The summed E-state index contributed by atoms with van der Waals surface area (Å²) in [5, 5.41) is 9.44. The van der Waals surface area contributed by atoms with Crippen LogP contribution in [0.25, 0.3) is 5.57 Å². The number of rotatable bonds is 4. The molecule has 0 saturated carbocycles. The Kier molecular flexibility index (Phi) is 5.25. The van der Waals surface area contributed by atoms with E-state index in [0.717, 1.165) is 28.8 Å². The van der Waals surface area contributed by atoms with Crippen LogP contribution < -0.4 is 5.73 Å². The minimum absolute atomic E-state index is 0.289. The summed E-state index contributed by atoms with van der Waals surface area (Å²) in [6.45, 7) is 6.02. The van der Waals surface area contributed by atoms with Gasteiger partial charge in [-0.2, -0.15) is 0 Å². The number of phenolic OH excluding ortho intramolecular Hbond substituents is 1. The van der Waals surface area contributed by atoms with Crippen LogP contribution in [-0.4, -0.2) is 5.11 Å². The third kappa shape index (κ3) is 3.81. The first-order valence-electron chi connectivity index (χ1n) is 6.18. The minimum Gasteiger partial charge on any atom is -0.508 e. The van der Waals surface area contributed by atoms with E-state index in [-0.39, 0.29) is 5.75 Å². The van der Waals surface area contributed by atoms with Crippen LogP contribution >= 0.6 is 0 Å². The zero-order chi connectivity index (χ0) is 13.5. The lowest BCUT2D eigenvalue weighted by Crippen LogP contribution is -1.95. The Balaban J connectivity index is 3.21. The molecule has 0 aliphatic rings. The van der Waals surface area contributed by atoms with Gasteiger partial charge in [-0.15, -0.1) is 0 Å². The summed E-state index contributed by atoms with van der Waals surface area (Å²) in [4.78, 5) is 0. The van der Waals surface area contributed by atoms with Crippen LogP contribution in [-0.2, 0) is 0 Å². The fraction of sp³-hybridized carbons (Fsp3) is 0.250. The molecule has 0 radical (unpaired) electrons. The summed E-state index contributed by atoms with van der Waals surface area (Å²) in [6.07, 6.45) is 8.83. The molecular weight excluding hydrogens is 222 g/mol. The molecule has 0 aromatic heterocycles. The average Bonchev–Trinajstić information content (AvgIpc) is 2.29. The topological polar surface area (TPSA) is 46.2 Å². The zero-order valence-electron chi connectivity index (χ0n) is 11.3. The second-order valence-corrected chi connectivity index (χ2v) is 4.21. The van der Waals surface area contributed by atoms with Gasteiger partial charge in [-0.05, 0) is 61.3 Å². The Morgan fingerprint density at radius 1 is 1.39 bits per heavy atom. The van der Waals surface area contributed by atoms with Crippen molar-refractivity contribution in [1.82, 2.24) is 0 Å². The molecule has 0 amide bonds. The Hall–Kier alpha value is -1.96. The molecule has 18 heavy (non-hydrogen) atoms. The highest BCUT2D eigenvalue weighted by Gasteiger charge is 2.03. The molecule has 0 unspecified atom stereocenters. The lowest BCUT2D eigenvalue weighted by Gasteiger charge is -2.08. The van der Waals surface area contributed by atoms with Gasteiger partial charge in [-0.1, -0.05) is 25.1 Å². The molecule has 1 rings (SSSR count). The number of phenols is 1. The summed E-state index contributed by atoms with van der Waals surface area (Å²) in [6, 6.07) is 5.38. The van der Waals surface area contributed by atoms with Gasteiger partial charge in [-0.25, -0.2) is 0 Å². The SMILES string of the molecule is C\C=C/C(N)=C\C(=C/CC)c1ccc(O)cc1C. The highest BCUT2D eigenvalue weighted by atomic mass is 16.3. The van der Waals surface area contributed by atoms with Crippen molar-refractivity contribution in [3.05, 3.63) is 59.3 Å². The maximum atomic E-state index is 9.44. The molecule has 0 aliphatic carbocycles. The van der Waals surface area contributed by atoms with Crippen molar-refractivity contribution in [3.8, 4) is 5.75 Å². The maximum Gasteiger partial charge on any atom is 0.115 e. The second kappa shape index (κ2) is 6.70. The number of nitrogens with two attached hydrogens (primary N) is 1. The Bertz CT molecular complexity index is 496. The van der Waals surface area contributed by atoms with E-state index >= 15 is 0 Å². The third-order valence-electron chi connectivity index (χ3n) is 2.63. The van der Waals surface area contributed by atoms with Crippen LogP contribution in [0.15, 0.2) is 48.2 Å². The standard InChI is InChI=1S/C16H21NO/c1-4-6-13(11-14(17)7-5-2)16-9-8-15(18)10-12(16)3/h5-11,18H,4,17H2,1-3H3/b7-5-,13-6+,14-11+. The van der Waals surface area contributed by atoms with E-state index in [2.05, 4.69) is 13.0 Å². The number of aromatic hydroxyl groups is 1. The van der Waals surface area contributed by atoms with E-state index in [1.807, 2.05) is 38.1 Å². The molecule has 3 N–H and O–H groups in total. The fourth-order valence-electron chi connectivity index (χ4n) is 1.86. The van der Waals surface area contributed by atoms with E-state index in [1.54, 1.807) is 12.1 Å². The molecule has 0 saturated heterocycles. The van der Waals surface area contributed by atoms with E-state index in [9.17, 15) is 5.11 Å². The predicted molar refractivity (Wildman–Crippen MR) is 78.2 cm³/mol. The molecule has 1 aromatic rings. The summed E-state index contributed by atoms with van der Waals surface area (Å²) in [5.41, 5.74) is 9.87. The molecular formula is C16H21NO. The van der Waals surface area contributed by atoms with Gasteiger partial charge < -0.3 is 10.8 Å². The third-order valence-corrected chi connectivity index (χ3v) is 2.63. The van der Waals surface area contributed by atoms with Crippen LogP contribution in [0.2, 0.25) is 0 Å². The van der Waals surface area contributed by atoms with E-state index < -0.39 is 0 Å². The molecule has 2 nitrogen and oxygen atoms in total. The van der Waals surface area contributed by atoms with E-state index in [0.29, 0.717) is 0 Å². The van der Waals surface area contributed by atoms with Crippen molar-refractivity contribution in [2.45, 2.75) is 27.2 Å². The van der Waals surface area contributed by atoms with Gasteiger partial charge in [0.05, 0.1) is 0 Å². The lowest BCUT2D eigenvalue weighted by atomic mass is 9.98. The van der Waals surface area contributed by atoms with Crippen LogP contribution in [0, 0.1) is 6.92 Å². The van der Waals surface area contributed by atoms with Crippen LogP contribution in [0.4, 0.5) is 0 Å². The number of aryl methyl sites for hydroxylation is 1. The van der Waals surface area contributed by atoms with Gasteiger partial charge in [0.1, 0.15) is 5.75 Å². The largest absolute Gasteiger partial charge is 0.508 e. The predicted octanol–water partition coefficient (Wildman–Crippen LogP) is 3.91. The molecule has 0 fully saturated rings. The molecule has 2 heteroatoms. The van der Waals surface area contributed by atoms with Gasteiger partial charge in [0.2, 0.25) is 0 Å². The van der Waals surface area contributed by atoms with Gasteiger partial charge in [0.25, 0.3) is 0 Å². The van der Waals surface area contributed by atoms with Crippen molar-refractivity contribution in [1.29, 1.82) is 0 Å². The van der Waals surface area contributed by atoms with E-state index in [1.165, 1.54) is 0 Å². The van der Waals surface area contributed by atoms with Crippen LogP contribution in [0.1, 0.15) is 31.4 Å². The van der Waals surface area contributed by atoms with Crippen molar-refractivity contribution >= 4 is 5.57 Å². The van der Waals surface area contributed by atoms with Crippen molar-refractivity contribution < 1.29 is 5.11 Å². The molecule has 0 atom stereocenters. The van der Waals surface area contributed by atoms with Gasteiger partial charge in [0.15, 0.2) is 0 Å². The number of hydrogen-bond donors (Lipinski definition) is 2. The smallest absolute Gasteiger partial charge is 0.115 e. The van der Waals surface area contributed by atoms with E-state index in [4.69, 9.17) is 5.73 Å².